The lowest BCUT2D eigenvalue weighted by atomic mass is 10.2. The van der Waals surface area contributed by atoms with Crippen molar-refractivity contribution in [3.63, 3.8) is 0 Å². The molecule has 0 bridgehead atoms. The third-order valence-electron chi connectivity index (χ3n) is 4.07. The SMILES string of the molecule is COc1ccc(/C=C/C(=O)N(C)Cc2nc(-c3ccccc3)no2)cc1OC. The quantitative estimate of drug-likeness (QED) is 0.586. The van der Waals surface area contributed by atoms with Crippen molar-refractivity contribution in [3.05, 3.63) is 66.1 Å². The van der Waals surface area contributed by atoms with Gasteiger partial charge in [0.25, 0.3) is 0 Å². The number of nitrogens with zero attached hydrogens (tertiary/aromatic N) is 3. The normalized spacial score (nSPS) is 10.8. The zero-order valence-corrected chi connectivity index (χ0v) is 16.0. The smallest absolute Gasteiger partial charge is 0.246 e. The first-order valence-electron chi connectivity index (χ1n) is 8.64. The summed E-state index contributed by atoms with van der Waals surface area (Å²) in [5.41, 5.74) is 1.68. The second-order valence-corrected chi connectivity index (χ2v) is 6.02. The van der Waals surface area contributed by atoms with Crippen molar-refractivity contribution in [2.75, 3.05) is 21.3 Å². The monoisotopic (exact) mass is 379 g/mol. The molecule has 144 valence electrons. The van der Waals surface area contributed by atoms with Gasteiger partial charge in [-0.3, -0.25) is 4.79 Å². The first-order chi connectivity index (χ1) is 13.6. The molecule has 0 aliphatic carbocycles. The van der Waals surface area contributed by atoms with Crippen molar-refractivity contribution in [2.45, 2.75) is 6.54 Å². The predicted octanol–water partition coefficient (Wildman–Crippen LogP) is 3.43. The number of benzene rings is 2. The number of hydrogen-bond acceptors (Lipinski definition) is 6. The van der Waals surface area contributed by atoms with Crippen molar-refractivity contribution in [1.82, 2.24) is 15.0 Å². The van der Waals surface area contributed by atoms with Gasteiger partial charge in [0, 0.05) is 18.7 Å². The van der Waals surface area contributed by atoms with Gasteiger partial charge in [-0.15, -0.1) is 0 Å². The molecular weight excluding hydrogens is 358 g/mol. The number of ether oxygens (including phenoxy) is 2. The fourth-order valence-corrected chi connectivity index (χ4v) is 2.56. The molecule has 0 saturated carbocycles. The van der Waals surface area contributed by atoms with Crippen molar-refractivity contribution in [2.24, 2.45) is 0 Å². The zero-order chi connectivity index (χ0) is 19.9. The standard InChI is InChI=1S/C21H21N3O4/c1-24(14-19-22-21(23-28-19)16-7-5-4-6-8-16)20(25)12-10-15-9-11-17(26-2)18(13-15)27-3/h4-13H,14H2,1-3H3/b12-10+. The Hall–Kier alpha value is -3.61. The first-order valence-corrected chi connectivity index (χ1v) is 8.64. The van der Waals surface area contributed by atoms with Gasteiger partial charge in [-0.05, 0) is 23.8 Å². The number of hydrogen-bond donors (Lipinski definition) is 0. The van der Waals surface area contributed by atoms with Gasteiger partial charge in [0.15, 0.2) is 11.5 Å². The Bertz CT molecular complexity index is 967. The Kier molecular flexibility index (Phi) is 6.06. The van der Waals surface area contributed by atoms with Gasteiger partial charge in [0.1, 0.15) is 0 Å². The van der Waals surface area contributed by atoms with Gasteiger partial charge < -0.3 is 18.9 Å². The second kappa shape index (κ2) is 8.85. The number of carbonyl (C=O) groups excluding carboxylic acids is 1. The summed E-state index contributed by atoms with van der Waals surface area (Å²) < 4.78 is 15.7. The lowest BCUT2D eigenvalue weighted by Crippen LogP contribution is -2.24. The van der Waals surface area contributed by atoms with Crippen LogP contribution in [0.5, 0.6) is 11.5 Å². The summed E-state index contributed by atoms with van der Waals surface area (Å²) in [6.07, 6.45) is 3.19. The van der Waals surface area contributed by atoms with Gasteiger partial charge in [-0.25, -0.2) is 0 Å². The van der Waals surface area contributed by atoms with Crippen LogP contribution in [0.25, 0.3) is 17.5 Å². The fraction of sp³-hybridized carbons (Fsp3) is 0.190. The van der Waals surface area contributed by atoms with E-state index in [0.717, 1.165) is 11.1 Å². The molecular formula is C21H21N3O4. The third-order valence-corrected chi connectivity index (χ3v) is 4.07. The molecule has 0 unspecified atom stereocenters. The van der Waals surface area contributed by atoms with E-state index < -0.39 is 0 Å². The van der Waals surface area contributed by atoms with Crippen molar-refractivity contribution in [1.29, 1.82) is 0 Å². The molecule has 0 spiro atoms. The summed E-state index contributed by atoms with van der Waals surface area (Å²) in [6, 6.07) is 14.9. The minimum absolute atomic E-state index is 0.186. The molecule has 28 heavy (non-hydrogen) atoms. The lowest BCUT2D eigenvalue weighted by molar-refractivity contribution is -0.125. The van der Waals surface area contributed by atoms with E-state index in [1.807, 2.05) is 36.4 Å². The van der Waals surface area contributed by atoms with Crippen molar-refractivity contribution < 1.29 is 18.8 Å². The van der Waals surface area contributed by atoms with Crippen LogP contribution >= 0.6 is 0 Å². The van der Waals surface area contributed by atoms with E-state index in [2.05, 4.69) is 10.1 Å². The van der Waals surface area contributed by atoms with Gasteiger partial charge in [-0.1, -0.05) is 41.6 Å². The second-order valence-electron chi connectivity index (χ2n) is 6.02. The maximum Gasteiger partial charge on any atom is 0.246 e. The maximum atomic E-state index is 12.4. The topological polar surface area (TPSA) is 77.7 Å². The van der Waals surface area contributed by atoms with Crippen LogP contribution in [-0.4, -0.2) is 42.2 Å². The van der Waals surface area contributed by atoms with Crippen LogP contribution < -0.4 is 9.47 Å². The highest BCUT2D eigenvalue weighted by molar-refractivity contribution is 5.91. The van der Waals surface area contributed by atoms with Crippen LogP contribution in [0.1, 0.15) is 11.5 Å². The summed E-state index contributed by atoms with van der Waals surface area (Å²) >= 11 is 0. The summed E-state index contributed by atoms with van der Waals surface area (Å²) in [5.74, 6) is 1.92. The largest absolute Gasteiger partial charge is 0.493 e. The minimum Gasteiger partial charge on any atom is -0.493 e. The Morgan fingerprint density at radius 3 is 2.57 bits per heavy atom. The van der Waals surface area contributed by atoms with Crippen LogP contribution in [0, 0.1) is 0 Å². The summed E-state index contributed by atoms with van der Waals surface area (Å²) in [4.78, 5) is 18.2. The summed E-state index contributed by atoms with van der Waals surface area (Å²) in [5, 5.41) is 3.96. The Morgan fingerprint density at radius 2 is 1.86 bits per heavy atom. The molecule has 3 aromatic rings. The first kappa shape index (κ1) is 19.2. The Balaban J connectivity index is 1.63. The Morgan fingerprint density at radius 1 is 1.11 bits per heavy atom. The molecule has 7 nitrogen and oxygen atoms in total. The molecule has 0 fully saturated rings. The highest BCUT2D eigenvalue weighted by Gasteiger charge is 2.13. The van der Waals surface area contributed by atoms with E-state index in [9.17, 15) is 4.79 Å². The van der Waals surface area contributed by atoms with Crippen molar-refractivity contribution in [3.8, 4) is 22.9 Å². The molecule has 1 amide bonds. The molecule has 0 saturated heterocycles. The van der Waals surface area contributed by atoms with Crippen molar-refractivity contribution >= 4 is 12.0 Å². The third kappa shape index (κ3) is 4.56. The molecule has 7 heteroatoms. The van der Waals surface area contributed by atoms with Crippen LogP contribution in [0.15, 0.2) is 59.1 Å². The highest BCUT2D eigenvalue weighted by Crippen LogP contribution is 2.28. The Labute approximate surface area is 163 Å². The van der Waals surface area contributed by atoms with Crippen LogP contribution in [0.3, 0.4) is 0 Å². The number of carbonyl (C=O) groups is 1. The van der Waals surface area contributed by atoms with Gasteiger partial charge >= 0.3 is 0 Å². The van der Waals surface area contributed by atoms with E-state index >= 15 is 0 Å². The van der Waals surface area contributed by atoms with Gasteiger partial charge in [0.05, 0.1) is 20.8 Å². The molecule has 0 aliphatic heterocycles. The van der Waals surface area contributed by atoms with E-state index in [1.54, 1.807) is 39.5 Å². The molecule has 0 atom stereocenters. The van der Waals surface area contributed by atoms with Crippen LogP contribution in [-0.2, 0) is 11.3 Å². The number of likely N-dealkylation sites (N-methyl/N-ethyl adjacent to an activating group) is 1. The van der Waals surface area contributed by atoms with E-state index in [4.69, 9.17) is 14.0 Å². The minimum atomic E-state index is -0.186. The van der Waals surface area contributed by atoms with Gasteiger partial charge in [-0.2, -0.15) is 4.98 Å². The number of aromatic nitrogens is 2. The molecule has 0 N–H and O–H groups in total. The van der Waals surface area contributed by atoms with E-state index in [0.29, 0.717) is 23.2 Å². The summed E-state index contributed by atoms with van der Waals surface area (Å²) in [7, 11) is 4.82. The predicted molar refractivity (Wildman–Crippen MR) is 105 cm³/mol. The molecule has 0 radical (unpaired) electrons. The zero-order valence-electron chi connectivity index (χ0n) is 16.0. The molecule has 1 aromatic heterocycles. The maximum absolute atomic E-state index is 12.4. The number of methoxy groups -OCH3 is 2. The fourth-order valence-electron chi connectivity index (χ4n) is 2.56. The molecule has 2 aromatic carbocycles. The average molecular weight is 379 g/mol. The number of rotatable bonds is 7. The molecule has 0 aliphatic rings. The number of amides is 1. The van der Waals surface area contributed by atoms with Crippen LogP contribution in [0.4, 0.5) is 0 Å². The highest BCUT2D eigenvalue weighted by atomic mass is 16.5. The van der Waals surface area contributed by atoms with Crippen LogP contribution in [0.2, 0.25) is 0 Å². The van der Waals surface area contributed by atoms with E-state index in [-0.39, 0.29) is 12.5 Å². The lowest BCUT2D eigenvalue weighted by Gasteiger charge is -2.12. The molecule has 1 heterocycles. The van der Waals surface area contributed by atoms with E-state index in [1.165, 1.54) is 11.0 Å². The summed E-state index contributed by atoms with van der Waals surface area (Å²) in [6.45, 7) is 0.217. The average Bonchev–Trinajstić information content (AvgIpc) is 3.20. The molecule has 3 rings (SSSR count). The van der Waals surface area contributed by atoms with Gasteiger partial charge in [0.2, 0.25) is 17.6 Å².